The number of nitrogens with one attached hydrogen (secondary N) is 1. The van der Waals surface area contributed by atoms with Crippen LogP contribution in [0.15, 0.2) is 6.20 Å². The van der Waals surface area contributed by atoms with Crippen molar-refractivity contribution in [1.29, 1.82) is 10.7 Å². The van der Waals surface area contributed by atoms with Crippen molar-refractivity contribution in [3.05, 3.63) is 17.3 Å². The number of aromatic nitrogens is 1. The largest absolute Gasteiger partial charge is 0.383 e. The Morgan fingerprint density at radius 2 is 1.96 bits per heavy atom. The van der Waals surface area contributed by atoms with Crippen LogP contribution in [0.1, 0.15) is 35.7 Å². The average Bonchev–Trinajstić information content (AvgIpc) is 2.73. The second-order valence-corrected chi connectivity index (χ2v) is 8.41. The van der Waals surface area contributed by atoms with E-state index in [4.69, 9.17) is 11.1 Å². The normalized spacial score (nSPS) is 19.9. The molecule has 1 aromatic rings. The van der Waals surface area contributed by atoms with Gasteiger partial charge >= 0.3 is 0 Å². The highest BCUT2D eigenvalue weighted by atomic mass is 32.2. The lowest BCUT2D eigenvalue weighted by Gasteiger charge is -2.39. The van der Waals surface area contributed by atoms with Crippen LogP contribution >= 0.6 is 11.9 Å². The Hall–Kier alpha value is -2.31. The van der Waals surface area contributed by atoms with E-state index in [2.05, 4.69) is 20.3 Å². The zero-order valence-corrected chi connectivity index (χ0v) is 17.3. The number of carbonyl (C=O) groups is 1. The van der Waals surface area contributed by atoms with Gasteiger partial charge in [0.05, 0.1) is 28.3 Å². The van der Waals surface area contributed by atoms with Crippen LogP contribution in [-0.4, -0.2) is 71.8 Å². The number of nitrogen functional groups attached to an aromatic ring is 1. The van der Waals surface area contributed by atoms with E-state index >= 15 is 0 Å². The van der Waals surface area contributed by atoms with Crippen molar-refractivity contribution >= 4 is 35.6 Å². The van der Waals surface area contributed by atoms with E-state index in [0.29, 0.717) is 55.8 Å². The minimum absolute atomic E-state index is 0.0695. The van der Waals surface area contributed by atoms with E-state index in [1.54, 1.807) is 18.1 Å². The lowest BCUT2D eigenvalue weighted by Crippen LogP contribution is -2.47. The fourth-order valence-corrected chi connectivity index (χ4v) is 4.28. The van der Waals surface area contributed by atoms with E-state index in [0.717, 1.165) is 13.1 Å². The second-order valence-electron chi connectivity index (χ2n) is 7.53. The predicted octanol–water partition coefficient (Wildman–Crippen LogP) is 1.83. The van der Waals surface area contributed by atoms with Crippen molar-refractivity contribution in [3.63, 3.8) is 0 Å². The monoisotopic (exact) mass is 401 g/mol. The molecule has 0 aliphatic carbocycles. The number of nitrogens with zero attached hydrogens (tertiary/aromatic N) is 5. The molecule has 150 valence electrons. The van der Waals surface area contributed by atoms with Gasteiger partial charge < -0.3 is 20.9 Å². The van der Waals surface area contributed by atoms with E-state index < -0.39 is 0 Å². The molecule has 3 N–H and O–H groups in total. The summed E-state index contributed by atoms with van der Waals surface area (Å²) in [6.07, 6.45) is 6.19. The third kappa shape index (κ3) is 3.93. The summed E-state index contributed by atoms with van der Waals surface area (Å²) in [4.78, 5) is 21.4. The summed E-state index contributed by atoms with van der Waals surface area (Å²) in [6, 6.07) is 2.40. The molecule has 8 nitrogen and oxygen atoms in total. The minimum atomic E-state index is -0.349. The van der Waals surface area contributed by atoms with Crippen LogP contribution in [0.4, 0.5) is 11.5 Å². The van der Waals surface area contributed by atoms with Gasteiger partial charge in [-0.05, 0) is 26.0 Å². The maximum atomic E-state index is 13.3. The molecule has 0 radical (unpaired) electrons. The number of nitriles is 1. The lowest BCUT2D eigenvalue weighted by atomic mass is 9.81. The molecule has 0 atom stereocenters. The Balaban J connectivity index is 1.91. The summed E-state index contributed by atoms with van der Waals surface area (Å²) < 4.78 is 2.24. The van der Waals surface area contributed by atoms with Gasteiger partial charge in [-0.25, -0.2) is 9.29 Å². The van der Waals surface area contributed by atoms with Crippen LogP contribution in [0, 0.1) is 22.2 Å². The van der Waals surface area contributed by atoms with E-state index in [-0.39, 0.29) is 17.1 Å². The van der Waals surface area contributed by atoms with E-state index in [1.165, 1.54) is 6.21 Å². The molecule has 0 spiro atoms. The Kier molecular flexibility index (Phi) is 6.10. The summed E-state index contributed by atoms with van der Waals surface area (Å²) in [6.45, 7) is 6.24. The first kappa shape index (κ1) is 20.4. The van der Waals surface area contributed by atoms with Crippen LogP contribution < -0.4 is 10.6 Å². The highest BCUT2D eigenvalue weighted by Crippen LogP contribution is 2.36. The Morgan fingerprint density at radius 1 is 1.32 bits per heavy atom. The van der Waals surface area contributed by atoms with Crippen LogP contribution in [0.25, 0.3) is 0 Å². The number of nitrogens with two attached hydrogens (primary N) is 1. The first-order chi connectivity index (χ1) is 13.4. The third-order valence-electron chi connectivity index (χ3n) is 5.73. The molecule has 0 bridgehead atoms. The lowest BCUT2D eigenvalue weighted by molar-refractivity contribution is 0.0704. The molecule has 0 saturated carbocycles. The molecule has 3 rings (SSSR count). The summed E-state index contributed by atoms with van der Waals surface area (Å²) in [5.41, 5.74) is 7.33. The second kappa shape index (κ2) is 8.37. The zero-order valence-electron chi connectivity index (χ0n) is 16.4. The number of piperazine rings is 1. The average molecular weight is 402 g/mol. The third-order valence-corrected chi connectivity index (χ3v) is 6.61. The standard InChI is InChI=1S/C19H27N7OS/c1-19(13-21)3-5-24(6-4-19)16-14(11-20)17(22)23-12-15(16)18(27)25-7-9-26(28-2)10-8-25/h11-12,20H,3-10H2,1-2H3,(H2,22,23). The van der Waals surface area contributed by atoms with Gasteiger partial charge in [-0.3, -0.25) is 4.79 Å². The topological polar surface area (TPSA) is 113 Å². The van der Waals surface area contributed by atoms with Crippen LogP contribution in [0.3, 0.4) is 0 Å². The van der Waals surface area contributed by atoms with Gasteiger partial charge in [0, 0.05) is 51.7 Å². The van der Waals surface area contributed by atoms with E-state index in [1.807, 2.05) is 18.1 Å². The molecule has 1 aromatic heterocycles. The molecule has 3 heterocycles. The highest BCUT2D eigenvalue weighted by molar-refractivity contribution is 7.96. The van der Waals surface area contributed by atoms with Crippen molar-refractivity contribution in [2.75, 3.05) is 56.2 Å². The van der Waals surface area contributed by atoms with Crippen LogP contribution in [0.5, 0.6) is 0 Å². The van der Waals surface area contributed by atoms with Crippen molar-refractivity contribution in [1.82, 2.24) is 14.2 Å². The molecule has 0 unspecified atom stereocenters. The Morgan fingerprint density at radius 3 is 2.50 bits per heavy atom. The number of amides is 1. The quantitative estimate of drug-likeness (QED) is 0.584. The van der Waals surface area contributed by atoms with Gasteiger partial charge in [0.15, 0.2) is 0 Å². The molecule has 0 aromatic carbocycles. The number of rotatable bonds is 4. The van der Waals surface area contributed by atoms with Gasteiger partial charge in [0.1, 0.15) is 5.82 Å². The minimum Gasteiger partial charge on any atom is -0.383 e. The zero-order chi connectivity index (χ0) is 20.3. The molecular weight excluding hydrogens is 374 g/mol. The first-order valence-electron chi connectivity index (χ1n) is 9.46. The molecule has 2 saturated heterocycles. The van der Waals surface area contributed by atoms with Crippen LogP contribution in [0.2, 0.25) is 0 Å². The molecule has 2 aliphatic heterocycles. The van der Waals surface area contributed by atoms with Gasteiger partial charge in [-0.1, -0.05) is 11.9 Å². The molecule has 1 amide bonds. The summed E-state index contributed by atoms with van der Waals surface area (Å²) in [5.74, 6) is 0.183. The summed E-state index contributed by atoms with van der Waals surface area (Å²) in [7, 11) is 0. The fraction of sp³-hybridized carbons (Fsp3) is 0.579. The maximum absolute atomic E-state index is 13.3. The van der Waals surface area contributed by atoms with Crippen molar-refractivity contribution in [2.45, 2.75) is 19.8 Å². The SMILES string of the molecule is CSN1CCN(C(=O)c2cnc(N)c(C=N)c2N2CCC(C)(C#N)CC2)CC1. The molecular formula is C19H27N7OS. The number of pyridine rings is 1. The van der Waals surface area contributed by atoms with Gasteiger partial charge in [-0.15, -0.1) is 0 Å². The van der Waals surface area contributed by atoms with E-state index in [9.17, 15) is 10.1 Å². The predicted molar refractivity (Wildman–Crippen MR) is 113 cm³/mol. The Labute approximate surface area is 170 Å². The van der Waals surface area contributed by atoms with Gasteiger partial charge in [0.25, 0.3) is 5.91 Å². The summed E-state index contributed by atoms with van der Waals surface area (Å²) >= 11 is 1.69. The fourth-order valence-electron chi connectivity index (χ4n) is 3.75. The number of carbonyl (C=O) groups excluding carboxylic acids is 1. The molecule has 28 heavy (non-hydrogen) atoms. The number of hydrogen-bond donors (Lipinski definition) is 2. The van der Waals surface area contributed by atoms with Crippen molar-refractivity contribution in [2.24, 2.45) is 5.41 Å². The first-order valence-corrected chi connectivity index (χ1v) is 10.6. The van der Waals surface area contributed by atoms with Crippen LogP contribution in [-0.2, 0) is 0 Å². The highest BCUT2D eigenvalue weighted by Gasteiger charge is 2.34. The van der Waals surface area contributed by atoms with Gasteiger partial charge in [-0.2, -0.15) is 5.26 Å². The Bertz CT molecular complexity index is 790. The van der Waals surface area contributed by atoms with Gasteiger partial charge in [0.2, 0.25) is 0 Å². The molecule has 2 fully saturated rings. The number of hydrogen-bond acceptors (Lipinski definition) is 8. The van der Waals surface area contributed by atoms with Crippen molar-refractivity contribution in [3.8, 4) is 6.07 Å². The molecule has 9 heteroatoms. The number of piperidine rings is 1. The summed E-state index contributed by atoms with van der Waals surface area (Å²) in [5, 5.41) is 17.2. The maximum Gasteiger partial charge on any atom is 0.257 e. The molecule has 2 aliphatic rings. The smallest absolute Gasteiger partial charge is 0.257 e. The van der Waals surface area contributed by atoms with Crippen molar-refractivity contribution < 1.29 is 4.79 Å². The number of anilines is 2.